The van der Waals surface area contributed by atoms with Crippen LogP contribution in [-0.2, 0) is 5.75 Å². The molecule has 0 aliphatic heterocycles. The topological polar surface area (TPSA) is 61.4 Å². The summed E-state index contributed by atoms with van der Waals surface area (Å²) in [6, 6.07) is 6.58. The fourth-order valence-corrected chi connectivity index (χ4v) is 3.63. The Morgan fingerprint density at radius 2 is 2.13 bits per heavy atom. The third-order valence-corrected chi connectivity index (χ3v) is 5.06. The van der Waals surface area contributed by atoms with Gasteiger partial charge in [0.15, 0.2) is 0 Å². The average Bonchev–Trinajstić information content (AvgIpc) is 2.54. The second-order valence-electron chi connectivity index (χ2n) is 5.97. The summed E-state index contributed by atoms with van der Waals surface area (Å²) in [5.74, 6) is 1.54. The van der Waals surface area contributed by atoms with Gasteiger partial charge in [-0.15, -0.1) is 0 Å². The van der Waals surface area contributed by atoms with Crippen LogP contribution in [0, 0.1) is 11.7 Å². The Balaban J connectivity index is 1.52. The molecule has 1 aliphatic rings. The summed E-state index contributed by atoms with van der Waals surface area (Å²) >= 11 is 1.59. The van der Waals surface area contributed by atoms with Gasteiger partial charge in [0.1, 0.15) is 5.82 Å². The molecule has 1 aromatic carbocycles. The number of carbonyl (C=O) groups excluding carboxylic acids is 1. The molecular weight excluding hydrogens is 315 g/mol. The average molecular weight is 340 g/mol. The van der Waals surface area contributed by atoms with Gasteiger partial charge < -0.3 is 15.7 Å². The van der Waals surface area contributed by atoms with Crippen molar-refractivity contribution in [2.24, 2.45) is 5.92 Å². The maximum Gasteiger partial charge on any atom is 0.314 e. The van der Waals surface area contributed by atoms with Crippen LogP contribution < -0.4 is 10.6 Å². The van der Waals surface area contributed by atoms with E-state index in [1.54, 1.807) is 23.9 Å². The molecule has 2 rings (SSSR count). The molecular formula is C17H25FN2O2S. The zero-order valence-corrected chi connectivity index (χ0v) is 14.1. The molecule has 1 saturated carbocycles. The first-order valence-electron chi connectivity index (χ1n) is 8.16. The highest BCUT2D eigenvalue weighted by Gasteiger charge is 2.20. The summed E-state index contributed by atoms with van der Waals surface area (Å²) in [5.41, 5.74) is 0.692. The van der Waals surface area contributed by atoms with E-state index in [1.165, 1.54) is 6.07 Å². The van der Waals surface area contributed by atoms with E-state index in [1.807, 2.05) is 6.07 Å². The Kier molecular flexibility index (Phi) is 7.68. The molecule has 0 heterocycles. The van der Waals surface area contributed by atoms with Crippen LogP contribution in [0.1, 0.15) is 31.2 Å². The van der Waals surface area contributed by atoms with Crippen molar-refractivity contribution < 1.29 is 14.3 Å². The lowest BCUT2D eigenvalue weighted by Gasteiger charge is -2.25. The minimum atomic E-state index is -0.214. The molecule has 2 atom stereocenters. The Morgan fingerprint density at radius 1 is 1.30 bits per heavy atom. The summed E-state index contributed by atoms with van der Waals surface area (Å²) in [5, 5.41) is 15.3. The van der Waals surface area contributed by atoms with Gasteiger partial charge in [-0.2, -0.15) is 11.8 Å². The van der Waals surface area contributed by atoms with Gasteiger partial charge >= 0.3 is 6.03 Å². The van der Waals surface area contributed by atoms with Crippen LogP contribution in [0.15, 0.2) is 24.3 Å². The van der Waals surface area contributed by atoms with Crippen molar-refractivity contribution in [3.63, 3.8) is 0 Å². The highest BCUT2D eigenvalue weighted by molar-refractivity contribution is 7.98. The van der Waals surface area contributed by atoms with Crippen molar-refractivity contribution in [1.82, 2.24) is 10.6 Å². The van der Waals surface area contributed by atoms with E-state index in [4.69, 9.17) is 0 Å². The first-order valence-corrected chi connectivity index (χ1v) is 9.31. The number of rotatable bonds is 7. The summed E-state index contributed by atoms with van der Waals surface area (Å²) in [6.45, 7) is 1.17. The van der Waals surface area contributed by atoms with Gasteiger partial charge in [-0.3, -0.25) is 0 Å². The fourth-order valence-electron chi connectivity index (χ4n) is 2.78. The first-order chi connectivity index (χ1) is 11.1. The highest BCUT2D eigenvalue weighted by Crippen LogP contribution is 2.23. The fraction of sp³-hybridized carbons (Fsp3) is 0.588. The van der Waals surface area contributed by atoms with Gasteiger partial charge in [-0.05, 0) is 36.8 Å². The number of thioether (sulfide) groups is 1. The minimum Gasteiger partial charge on any atom is -0.393 e. The predicted octanol–water partition coefficient (Wildman–Crippen LogP) is 2.91. The molecule has 0 saturated heterocycles. The molecule has 0 radical (unpaired) electrons. The number of benzene rings is 1. The number of nitrogens with one attached hydrogen (secondary N) is 2. The number of hydrogen-bond donors (Lipinski definition) is 3. The van der Waals surface area contributed by atoms with Crippen LogP contribution in [0.4, 0.5) is 9.18 Å². The highest BCUT2D eigenvalue weighted by atomic mass is 32.2. The molecule has 1 aliphatic carbocycles. The van der Waals surface area contributed by atoms with E-state index in [0.29, 0.717) is 30.3 Å². The normalized spacial score (nSPS) is 21.0. The molecule has 2 unspecified atom stereocenters. The molecule has 1 fully saturated rings. The van der Waals surface area contributed by atoms with Crippen LogP contribution in [0.2, 0.25) is 0 Å². The van der Waals surface area contributed by atoms with Crippen LogP contribution >= 0.6 is 11.8 Å². The monoisotopic (exact) mass is 340 g/mol. The smallest absolute Gasteiger partial charge is 0.314 e. The molecule has 23 heavy (non-hydrogen) atoms. The molecule has 0 bridgehead atoms. The van der Waals surface area contributed by atoms with Gasteiger partial charge in [0, 0.05) is 24.6 Å². The van der Waals surface area contributed by atoms with Gasteiger partial charge in [-0.25, -0.2) is 9.18 Å². The zero-order valence-electron chi connectivity index (χ0n) is 13.3. The number of halogens is 1. The minimum absolute atomic E-state index is 0.170. The molecule has 1 aromatic rings. The zero-order chi connectivity index (χ0) is 16.5. The van der Waals surface area contributed by atoms with Crippen molar-refractivity contribution in [2.75, 3.05) is 18.8 Å². The van der Waals surface area contributed by atoms with E-state index in [-0.39, 0.29) is 18.0 Å². The van der Waals surface area contributed by atoms with E-state index in [9.17, 15) is 14.3 Å². The number of aliphatic hydroxyl groups is 1. The largest absolute Gasteiger partial charge is 0.393 e. The van der Waals surface area contributed by atoms with Crippen LogP contribution in [0.3, 0.4) is 0 Å². The number of aliphatic hydroxyl groups excluding tert-OH is 1. The number of hydrogen-bond acceptors (Lipinski definition) is 3. The van der Waals surface area contributed by atoms with Crippen LogP contribution in [0.25, 0.3) is 0 Å². The second kappa shape index (κ2) is 9.78. The van der Waals surface area contributed by atoms with Crippen LogP contribution in [0.5, 0.6) is 0 Å². The lowest BCUT2D eigenvalue weighted by atomic mass is 9.87. The first kappa shape index (κ1) is 18.1. The van der Waals surface area contributed by atoms with Gasteiger partial charge in [-0.1, -0.05) is 24.6 Å². The standard InChI is InChI=1S/C17H25FN2O2S/c18-16-7-2-1-5-14(16)12-23-9-8-19-17(22)20-11-13-4-3-6-15(21)10-13/h1-2,5,7,13,15,21H,3-4,6,8-12H2,(H2,19,20,22). The molecule has 0 spiro atoms. The molecule has 4 nitrogen and oxygen atoms in total. The summed E-state index contributed by atoms with van der Waals surface area (Å²) in [6.07, 6.45) is 3.53. The Morgan fingerprint density at radius 3 is 2.91 bits per heavy atom. The predicted molar refractivity (Wildman–Crippen MR) is 91.9 cm³/mol. The van der Waals surface area contributed by atoms with Gasteiger partial charge in [0.25, 0.3) is 0 Å². The molecule has 0 aromatic heterocycles. The Bertz CT molecular complexity index is 501. The molecule has 6 heteroatoms. The molecule has 2 amide bonds. The molecule has 3 N–H and O–H groups in total. The third kappa shape index (κ3) is 6.79. The van der Waals surface area contributed by atoms with Crippen molar-refractivity contribution in [1.29, 1.82) is 0 Å². The van der Waals surface area contributed by atoms with E-state index in [0.717, 1.165) is 31.4 Å². The van der Waals surface area contributed by atoms with Crippen LogP contribution in [-0.4, -0.2) is 36.1 Å². The quantitative estimate of drug-likeness (QED) is 0.669. The van der Waals surface area contributed by atoms with Gasteiger partial charge in [0.05, 0.1) is 6.10 Å². The number of carbonyl (C=O) groups is 1. The van der Waals surface area contributed by atoms with E-state index < -0.39 is 0 Å². The van der Waals surface area contributed by atoms with E-state index in [2.05, 4.69) is 10.6 Å². The summed E-state index contributed by atoms with van der Waals surface area (Å²) < 4.78 is 13.4. The second-order valence-corrected chi connectivity index (χ2v) is 7.07. The third-order valence-electron chi connectivity index (χ3n) is 4.05. The van der Waals surface area contributed by atoms with Crippen molar-refractivity contribution >= 4 is 17.8 Å². The number of urea groups is 1. The number of amides is 2. The lowest BCUT2D eigenvalue weighted by Crippen LogP contribution is -2.40. The SMILES string of the molecule is O=C(NCCSCc1ccccc1F)NCC1CCCC(O)C1. The van der Waals surface area contributed by atoms with E-state index >= 15 is 0 Å². The summed E-state index contributed by atoms with van der Waals surface area (Å²) in [7, 11) is 0. The maximum atomic E-state index is 13.4. The maximum absolute atomic E-state index is 13.4. The molecule has 128 valence electrons. The van der Waals surface area contributed by atoms with Crippen molar-refractivity contribution in [3.05, 3.63) is 35.6 Å². The Hall–Kier alpha value is -1.27. The lowest BCUT2D eigenvalue weighted by molar-refractivity contribution is 0.101. The van der Waals surface area contributed by atoms with Gasteiger partial charge in [0.2, 0.25) is 0 Å². The Labute approximate surface area is 141 Å². The van der Waals surface area contributed by atoms with Crippen molar-refractivity contribution in [3.8, 4) is 0 Å². The summed E-state index contributed by atoms with van der Waals surface area (Å²) in [4.78, 5) is 11.7. The van der Waals surface area contributed by atoms with Crippen molar-refractivity contribution in [2.45, 2.75) is 37.5 Å².